The Bertz CT molecular complexity index is 838. The van der Waals surface area contributed by atoms with E-state index in [0.29, 0.717) is 23.1 Å². The average Bonchev–Trinajstić information content (AvgIpc) is 3.12. The summed E-state index contributed by atoms with van der Waals surface area (Å²) in [4.78, 5) is 7.74. The quantitative estimate of drug-likeness (QED) is 0.646. The van der Waals surface area contributed by atoms with Gasteiger partial charge in [-0.15, -0.1) is 0 Å². The van der Waals surface area contributed by atoms with Gasteiger partial charge in [-0.05, 0) is 25.5 Å². The molecule has 4 nitrogen and oxygen atoms in total. The number of imidazole rings is 1. The first-order chi connectivity index (χ1) is 11.1. The number of nitrogens with zero attached hydrogens (tertiary/aromatic N) is 1. The number of ether oxygens (including phenoxy) is 1. The molecule has 0 aliphatic carbocycles. The Balaban J connectivity index is 1.76. The second kappa shape index (κ2) is 6.16. The van der Waals surface area contributed by atoms with Crippen molar-refractivity contribution in [2.75, 3.05) is 0 Å². The highest BCUT2D eigenvalue weighted by atomic mass is 16.5. The number of furan rings is 1. The zero-order chi connectivity index (χ0) is 16.4. The fourth-order valence-electron chi connectivity index (χ4n) is 2.48. The highest BCUT2D eigenvalue weighted by Crippen LogP contribution is 2.27. The maximum Gasteiger partial charge on any atom is 0.173 e. The molecule has 1 N–H and O–H groups in total. The highest BCUT2D eigenvalue weighted by molar-refractivity contribution is 5.81. The molecule has 23 heavy (non-hydrogen) atoms. The molecule has 0 saturated carbocycles. The van der Waals surface area contributed by atoms with Gasteiger partial charge in [0.05, 0.1) is 5.69 Å². The second-order valence-corrected chi connectivity index (χ2v) is 5.50. The Labute approximate surface area is 135 Å². The molecule has 2 aromatic heterocycles. The summed E-state index contributed by atoms with van der Waals surface area (Å²) in [6.07, 6.45) is 1.98. The van der Waals surface area contributed by atoms with Gasteiger partial charge in [-0.25, -0.2) is 4.98 Å². The molecule has 3 aromatic rings. The normalized spacial score (nSPS) is 10.9. The SMILES string of the molecule is C=C(OC(=C)c1cc2ccccc2o1)c1nc(CCC)c(C)[nH]1. The fourth-order valence-corrected chi connectivity index (χ4v) is 2.48. The number of hydrogen-bond acceptors (Lipinski definition) is 3. The smallest absolute Gasteiger partial charge is 0.173 e. The van der Waals surface area contributed by atoms with Crippen LogP contribution >= 0.6 is 0 Å². The van der Waals surface area contributed by atoms with E-state index in [1.165, 1.54) is 0 Å². The zero-order valence-electron chi connectivity index (χ0n) is 13.5. The van der Waals surface area contributed by atoms with Crippen LogP contribution in [0.25, 0.3) is 22.5 Å². The van der Waals surface area contributed by atoms with E-state index in [4.69, 9.17) is 9.15 Å². The van der Waals surface area contributed by atoms with Crippen molar-refractivity contribution in [3.63, 3.8) is 0 Å². The zero-order valence-corrected chi connectivity index (χ0v) is 13.5. The Morgan fingerprint density at radius 2 is 2.04 bits per heavy atom. The van der Waals surface area contributed by atoms with Crippen molar-refractivity contribution in [1.82, 2.24) is 9.97 Å². The van der Waals surface area contributed by atoms with E-state index in [2.05, 4.69) is 30.0 Å². The van der Waals surface area contributed by atoms with Crippen LogP contribution in [0.15, 0.2) is 47.9 Å². The lowest BCUT2D eigenvalue weighted by Crippen LogP contribution is -1.93. The molecule has 0 aliphatic heterocycles. The number of benzene rings is 1. The Hall–Kier alpha value is -2.75. The summed E-state index contributed by atoms with van der Waals surface area (Å²) in [6.45, 7) is 12.0. The molecule has 0 radical (unpaired) electrons. The van der Waals surface area contributed by atoms with Gasteiger partial charge < -0.3 is 14.1 Å². The molecule has 0 amide bonds. The first-order valence-corrected chi connectivity index (χ1v) is 7.69. The number of nitrogens with one attached hydrogen (secondary N) is 1. The molecule has 0 atom stereocenters. The molecule has 0 bridgehead atoms. The van der Waals surface area contributed by atoms with Gasteiger partial charge in [0.15, 0.2) is 23.1 Å². The predicted molar refractivity (Wildman–Crippen MR) is 92.7 cm³/mol. The van der Waals surface area contributed by atoms with Crippen molar-refractivity contribution < 1.29 is 9.15 Å². The third-order valence-electron chi connectivity index (χ3n) is 3.68. The van der Waals surface area contributed by atoms with Crippen LogP contribution in [-0.2, 0) is 11.2 Å². The van der Waals surface area contributed by atoms with Gasteiger partial charge in [-0.3, -0.25) is 0 Å². The number of fused-ring (bicyclic) bond motifs is 1. The monoisotopic (exact) mass is 308 g/mol. The van der Waals surface area contributed by atoms with E-state index in [1.54, 1.807) is 0 Å². The average molecular weight is 308 g/mol. The lowest BCUT2D eigenvalue weighted by molar-refractivity contribution is 0.441. The van der Waals surface area contributed by atoms with E-state index in [9.17, 15) is 0 Å². The van der Waals surface area contributed by atoms with Gasteiger partial charge in [0.2, 0.25) is 0 Å². The number of aromatic nitrogens is 2. The largest absolute Gasteiger partial charge is 0.453 e. The molecule has 1 aromatic carbocycles. The molecule has 0 spiro atoms. The highest BCUT2D eigenvalue weighted by Gasteiger charge is 2.14. The minimum Gasteiger partial charge on any atom is -0.453 e. The third kappa shape index (κ3) is 3.06. The summed E-state index contributed by atoms with van der Waals surface area (Å²) >= 11 is 0. The maximum absolute atomic E-state index is 5.74. The number of hydrogen-bond donors (Lipinski definition) is 1. The van der Waals surface area contributed by atoms with E-state index < -0.39 is 0 Å². The molecule has 0 aliphatic rings. The first kappa shape index (κ1) is 15.2. The summed E-state index contributed by atoms with van der Waals surface area (Å²) in [6, 6.07) is 9.69. The Morgan fingerprint density at radius 1 is 1.26 bits per heavy atom. The number of H-pyrrole nitrogens is 1. The van der Waals surface area contributed by atoms with Crippen molar-refractivity contribution >= 4 is 22.5 Å². The number of rotatable bonds is 6. The van der Waals surface area contributed by atoms with Gasteiger partial charge in [0.1, 0.15) is 5.58 Å². The summed E-state index contributed by atoms with van der Waals surface area (Å²) in [5, 5.41) is 1.01. The molecular weight excluding hydrogens is 288 g/mol. The minimum absolute atomic E-state index is 0.414. The van der Waals surface area contributed by atoms with Crippen molar-refractivity contribution in [3.8, 4) is 0 Å². The van der Waals surface area contributed by atoms with Gasteiger partial charge >= 0.3 is 0 Å². The van der Waals surface area contributed by atoms with E-state index >= 15 is 0 Å². The van der Waals surface area contributed by atoms with E-state index in [0.717, 1.165) is 35.2 Å². The van der Waals surface area contributed by atoms with Crippen LogP contribution in [0.3, 0.4) is 0 Å². The lowest BCUT2D eigenvalue weighted by Gasteiger charge is -2.06. The Kier molecular flexibility index (Phi) is 4.06. The topological polar surface area (TPSA) is 51.1 Å². The molecule has 4 heteroatoms. The fraction of sp³-hybridized carbons (Fsp3) is 0.211. The van der Waals surface area contributed by atoms with Crippen LogP contribution in [0.1, 0.15) is 36.3 Å². The molecule has 118 valence electrons. The Morgan fingerprint density at radius 3 is 2.78 bits per heavy atom. The number of para-hydroxylation sites is 1. The van der Waals surface area contributed by atoms with Gasteiger partial charge in [-0.1, -0.05) is 44.7 Å². The van der Waals surface area contributed by atoms with Gasteiger partial charge in [-0.2, -0.15) is 0 Å². The second-order valence-electron chi connectivity index (χ2n) is 5.50. The standard InChI is InChI=1S/C19H20N2O2/c1-5-8-16-12(2)20-19(21-16)14(4)22-13(3)18-11-15-9-6-7-10-17(15)23-18/h6-7,9-11H,3-5,8H2,1-2H3,(H,20,21). The van der Waals surface area contributed by atoms with Crippen LogP contribution in [0, 0.1) is 6.92 Å². The van der Waals surface area contributed by atoms with Crippen molar-refractivity contribution in [3.05, 3.63) is 66.5 Å². The third-order valence-corrected chi connectivity index (χ3v) is 3.68. The molecule has 0 saturated heterocycles. The molecular formula is C19H20N2O2. The predicted octanol–water partition coefficient (Wildman–Crippen LogP) is 5.08. The first-order valence-electron chi connectivity index (χ1n) is 7.69. The summed E-state index contributed by atoms with van der Waals surface area (Å²) in [7, 11) is 0. The molecule has 3 rings (SSSR count). The van der Waals surface area contributed by atoms with Crippen molar-refractivity contribution in [2.45, 2.75) is 26.7 Å². The molecule has 2 heterocycles. The number of aromatic amines is 1. The summed E-state index contributed by atoms with van der Waals surface area (Å²) in [5.41, 5.74) is 2.89. The maximum atomic E-state index is 5.74. The van der Waals surface area contributed by atoms with Crippen molar-refractivity contribution in [2.24, 2.45) is 0 Å². The van der Waals surface area contributed by atoms with Gasteiger partial charge in [0.25, 0.3) is 0 Å². The van der Waals surface area contributed by atoms with Crippen LogP contribution < -0.4 is 0 Å². The van der Waals surface area contributed by atoms with Gasteiger partial charge in [0, 0.05) is 11.1 Å². The van der Waals surface area contributed by atoms with E-state index in [1.807, 2.05) is 37.3 Å². The van der Waals surface area contributed by atoms with Crippen LogP contribution in [0.2, 0.25) is 0 Å². The van der Waals surface area contributed by atoms with Crippen LogP contribution in [-0.4, -0.2) is 9.97 Å². The number of aryl methyl sites for hydroxylation is 2. The summed E-state index contributed by atoms with van der Waals surface area (Å²) < 4.78 is 11.5. The minimum atomic E-state index is 0.414. The summed E-state index contributed by atoms with van der Waals surface area (Å²) in [5.74, 6) is 2.06. The van der Waals surface area contributed by atoms with Crippen molar-refractivity contribution in [1.29, 1.82) is 0 Å². The molecule has 0 fully saturated rings. The van der Waals surface area contributed by atoms with Crippen LogP contribution in [0.5, 0.6) is 0 Å². The van der Waals surface area contributed by atoms with E-state index in [-0.39, 0.29) is 0 Å². The lowest BCUT2D eigenvalue weighted by atomic mass is 10.2. The van der Waals surface area contributed by atoms with Crippen LogP contribution in [0.4, 0.5) is 0 Å². The molecule has 0 unspecified atom stereocenters.